The van der Waals surface area contributed by atoms with Gasteiger partial charge in [0, 0.05) is 11.8 Å². The second kappa shape index (κ2) is 5.94. The third kappa shape index (κ3) is 3.10. The lowest BCUT2D eigenvalue weighted by Gasteiger charge is -2.20. The van der Waals surface area contributed by atoms with Crippen molar-refractivity contribution in [2.75, 3.05) is 19.1 Å². The van der Waals surface area contributed by atoms with Gasteiger partial charge in [-0.05, 0) is 45.0 Å². The summed E-state index contributed by atoms with van der Waals surface area (Å²) in [5.74, 6) is 1.07. The molecule has 0 saturated carbocycles. The summed E-state index contributed by atoms with van der Waals surface area (Å²) < 4.78 is 30.9. The Bertz CT molecular complexity index is 1080. The first-order valence-corrected chi connectivity index (χ1v) is 9.82. The van der Waals surface area contributed by atoms with Crippen LogP contribution in [0.25, 0.3) is 22.3 Å². The standard InChI is InChI=1S/C17H21N5O3S/c1-17(2,3)22-14(18)12-13(10-6-8-11(25-4)9-7-10)19-16(26(5,23)24)20-15(12)21-22/h6-9H,18H2,1-5H3. The molecule has 0 saturated heterocycles. The first-order chi connectivity index (χ1) is 12.0. The Labute approximate surface area is 151 Å². The fraction of sp³-hybridized carbons (Fsp3) is 0.353. The number of nitrogen functional groups attached to an aromatic ring is 1. The maximum absolute atomic E-state index is 12.0. The van der Waals surface area contributed by atoms with E-state index < -0.39 is 15.4 Å². The monoisotopic (exact) mass is 375 g/mol. The molecule has 0 unspecified atom stereocenters. The van der Waals surface area contributed by atoms with E-state index >= 15 is 0 Å². The van der Waals surface area contributed by atoms with Crippen molar-refractivity contribution in [3.63, 3.8) is 0 Å². The summed E-state index contributed by atoms with van der Waals surface area (Å²) in [7, 11) is -2.04. The molecule has 0 radical (unpaired) electrons. The van der Waals surface area contributed by atoms with E-state index in [2.05, 4.69) is 15.1 Å². The van der Waals surface area contributed by atoms with Crippen LogP contribution in [-0.2, 0) is 15.4 Å². The van der Waals surface area contributed by atoms with Crippen molar-refractivity contribution in [1.29, 1.82) is 0 Å². The van der Waals surface area contributed by atoms with E-state index in [0.717, 1.165) is 6.26 Å². The van der Waals surface area contributed by atoms with Crippen molar-refractivity contribution < 1.29 is 13.2 Å². The van der Waals surface area contributed by atoms with Gasteiger partial charge in [-0.1, -0.05) is 0 Å². The molecule has 0 atom stereocenters. The molecule has 26 heavy (non-hydrogen) atoms. The summed E-state index contributed by atoms with van der Waals surface area (Å²) in [4.78, 5) is 8.41. The molecular formula is C17H21N5O3S. The van der Waals surface area contributed by atoms with E-state index in [-0.39, 0.29) is 10.8 Å². The molecule has 0 aliphatic rings. The molecule has 2 N–H and O–H groups in total. The predicted octanol–water partition coefficient (Wildman–Crippen LogP) is 2.24. The number of ether oxygens (including phenoxy) is 1. The van der Waals surface area contributed by atoms with Crippen molar-refractivity contribution in [1.82, 2.24) is 19.7 Å². The Hall–Kier alpha value is -2.68. The zero-order chi connectivity index (χ0) is 19.3. The molecule has 1 aromatic carbocycles. The van der Waals surface area contributed by atoms with Crippen LogP contribution in [0.5, 0.6) is 5.75 Å². The highest BCUT2D eigenvalue weighted by Gasteiger charge is 2.26. The zero-order valence-electron chi connectivity index (χ0n) is 15.3. The Kier molecular flexibility index (Phi) is 4.14. The smallest absolute Gasteiger partial charge is 0.249 e. The van der Waals surface area contributed by atoms with Crippen molar-refractivity contribution in [3.8, 4) is 17.0 Å². The van der Waals surface area contributed by atoms with Crippen LogP contribution in [0.3, 0.4) is 0 Å². The van der Waals surface area contributed by atoms with Gasteiger partial charge in [-0.25, -0.2) is 18.1 Å². The zero-order valence-corrected chi connectivity index (χ0v) is 16.1. The minimum absolute atomic E-state index is 0.249. The second-order valence-electron chi connectivity index (χ2n) is 7.02. The molecule has 2 heterocycles. The van der Waals surface area contributed by atoms with E-state index in [4.69, 9.17) is 10.5 Å². The molecule has 3 rings (SSSR count). The van der Waals surface area contributed by atoms with Crippen LogP contribution in [0.15, 0.2) is 29.4 Å². The number of benzene rings is 1. The molecule has 0 bridgehead atoms. The van der Waals surface area contributed by atoms with Crippen LogP contribution in [-0.4, -0.2) is 41.5 Å². The number of fused-ring (bicyclic) bond motifs is 1. The molecule has 0 aliphatic heterocycles. The van der Waals surface area contributed by atoms with E-state index in [1.165, 1.54) is 0 Å². The average molecular weight is 375 g/mol. The number of nitrogens with two attached hydrogens (primary N) is 1. The Morgan fingerprint density at radius 2 is 1.73 bits per heavy atom. The molecule has 138 valence electrons. The topological polar surface area (TPSA) is 113 Å². The van der Waals surface area contributed by atoms with Crippen molar-refractivity contribution in [2.45, 2.75) is 31.5 Å². The largest absolute Gasteiger partial charge is 0.497 e. The van der Waals surface area contributed by atoms with Crippen LogP contribution in [0, 0.1) is 0 Å². The van der Waals surface area contributed by atoms with E-state index in [1.54, 1.807) is 36.1 Å². The fourth-order valence-corrected chi connectivity index (χ4v) is 3.14. The van der Waals surface area contributed by atoms with Crippen LogP contribution < -0.4 is 10.5 Å². The number of sulfone groups is 1. The summed E-state index contributed by atoms with van der Waals surface area (Å²) in [6.07, 6.45) is 1.07. The number of hydrogen-bond acceptors (Lipinski definition) is 7. The highest BCUT2D eigenvalue weighted by atomic mass is 32.2. The van der Waals surface area contributed by atoms with Crippen LogP contribution in [0.2, 0.25) is 0 Å². The number of hydrogen-bond donors (Lipinski definition) is 1. The van der Waals surface area contributed by atoms with Crippen molar-refractivity contribution >= 4 is 26.7 Å². The molecule has 8 nitrogen and oxygen atoms in total. The second-order valence-corrected chi connectivity index (χ2v) is 8.93. The number of nitrogens with zero attached hydrogens (tertiary/aromatic N) is 4. The SMILES string of the molecule is COc1ccc(-c2nc(S(C)(=O)=O)nc3nn(C(C)(C)C)c(N)c23)cc1. The third-order valence-electron chi connectivity index (χ3n) is 3.88. The van der Waals surface area contributed by atoms with Crippen LogP contribution in [0.4, 0.5) is 5.82 Å². The molecule has 3 aromatic rings. The maximum atomic E-state index is 12.0. The third-order valence-corrected chi connectivity index (χ3v) is 4.72. The van der Waals surface area contributed by atoms with Gasteiger partial charge >= 0.3 is 0 Å². The molecular weight excluding hydrogens is 354 g/mol. The van der Waals surface area contributed by atoms with Gasteiger partial charge in [0.1, 0.15) is 11.6 Å². The van der Waals surface area contributed by atoms with Gasteiger partial charge in [0.05, 0.1) is 23.7 Å². The summed E-state index contributed by atoms with van der Waals surface area (Å²) in [6, 6.07) is 7.13. The first-order valence-electron chi connectivity index (χ1n) is 7.93. The molecule has 9 heteroatoms. The van der Waals surface area contributed by atoms with Gasteiger partial charge in [0.15, 0.2) is 5.65 Å². The van der Waals surface area contributed by atoms with Crippen molar-refractivity contribution in [3.05, 3.63) is 24.3 Å². The van der Waals surface area contributed by atoms with Crippen LogP contribution >= 0.6 is 0 Å². The molecule has 2 aromatic heterocycles. The minimum Gasteiger partial charge on any atom is -0.497 e. The van der Waals surface area contributed by atoms with E-state index in [1.807, 2.05) is 20.8 Å². The highest BCUT2D eigenvalue weighted by Crippen LogP contribution is 2.34. The summed E-state index contributed by atoms with van der Waals surface area (Å²) >= 11 is 0. The number of methoxy groups -OCH3 is 1. The quantitative estimate of drug-likeness (QED) is 0.698. The highest BCUT2D eigenvalue weighted by molar-refractivity contribution is 7.90. The Balaban J connectivity index is 2.39. The summed E-state index contributed by atoms with van der Waals surface area (Å²) in [5.41, 5.74) is 7.30. The van der Waals surface area contributed by atoms with Gasteiger partial charge < -0.3 is 10.5 Å². The van der Waals surface area contributed by atoms with Gasteiger partial charge in [-0.2, -0.15) is 4.98 Å². The van der Waals surface area contributed by atoms with Crippen LogP contribution in [0.1, 0.15) is 20.8 Å². The lowest BCUT2D eigenvalue weighted by Crippen LogP contribution is -2.24. The molecule has 0 aliphatic carbocycles. The summed E-state index contributed by atoms with van der Waals surface area (Å²) in [5, 5.41) is 4.67. The Morgan fingerprint density at radius 3 is 2.23 bits per heavy atom. The lowest BCUT2D eigenvalue weighted by molar-refractivity contribution is 0.364. The average Bonchev–Trinajstić information content (AvgIpc) is 2.91. The number of aromatic nitrogens is 4. The van der Waals surface area contributed by atoms with Gasteiger partial charge in [0.2, 0.25) is 15.0 Å². The molecule has 0 fully saturated rings. The minimum atomic E-state index is -3.61. The number of anilines is 1. The van der Waals surface area contributed by atoms with Crippen molar-refractivity contribution in [2.24, 2.45) is 0 Å². The fourth-order valence-electron chi connectivity index (χ4n) is 2.63. The molecule has 0 amide bonds. The van der Waals surface area contributed by atoms with E-state index in [9.17, 15) is 8.42 Å². The molecule has 0 spiro atoms. The predicted molar refractivity (Wildman–Crippen MR) is 99.8 cm³/mol. The van der Waals surface area contributed by atoms with Gasteiger partial charge in [-0.15, -0.1) is 5.10 Å². The van der Waals surface area contributed by atoms with E-state index in [0.29, 0.717) is 28.2 Å². The first kappa shape index (κ1) is 18.1. The number of rotatable bonds is 3. The van der Waals surface area contributed by atoms with Gasteiger partial charge in [-0.3, -0.25) is 0 Å². The normalized spacial score (nSPS) is 12.5. The lowest BCUT2D eigenvalue weighted by atomic mass is 10.1. The van der Waals surface area contributed by atoms with Gasteiger partial charge in [0.25, 0.3) is 0 Å². The maximum Gasteiger partial charge on any atom is 0.249 e. The Morgan fingerprint density at radius 1 is 1.12 bits per heavy atom. The summed E-state index contributed by atoms with van der Waals surface area (Å²) in [6.45, 7) is 5.85.